The summed E-state index contributed by atoms with van der Waals surface area (Å²) in [5.74, 6) is -3.77. The normalized spacial score (nSPS) is 18.8. The van der Waals surface area contributed by atoms with Crippen molar-refractivity contribution in [1.29, 1.82) is 0 Å². The molecule has 0 saturated heterocycles. The van der Waals surface area contributed by atoms with Crippen molar-refractivity contribution in [2.75, 3.05) is 0 Å². The average Bonchev–Trinajstić information content (AvgIpc) is 2.70. The molecule has 1 aliphatic carbocycles. The first-order valence-electron chi connectivity index (χ1n) is 9.72. The number of hydrogen-bond acceptors (Lipinski definition) is 8. The van der Waals surface area contributed by atoms with Crippen LogP contribution in [0.5, 0.6) is 34.5 Å². The third-order valence-electron chi connectivity index (χ3n) is 5.70. The van der Waals surface area contributed by atoms with Gasteiger partial charge in [-0.05, 0) is 61.8 Å². The zero-order valence-corrected chi connectivity index (χ0v) is 16.2. The number of carbonyl (C=O) groups excluding carboxylic acids is 2. The van der Waals surface area contributed by atoms with Crippen LogP contribution in [0.2, 0.25) is 0 Å². The van der Waals surface area contributed by atoms with E-state index in [1.165, 1.54) is 0 Å². The zero-order valence-electron chi connectivity index (χ0n) is 16.2. The van der Waals surface area contributed by atoms with Crippen LogP contribution in [0.15, 0.2) is 24.3 Å². The van der Waals surface area contributed by atoms with E-state index in [0.29, 0.717) is 0 Å². The molecule has 160 valence electrons. The van der Waals surface area contributed by atoms with Gasteiger partial charge in [0.2, 0.25) is 0 Å². The summed E-state index contributed by atoms with van der Waals surface area (Å²) in [6.45, 7) is 0. The van der Waals surface area contributed by atoms with Crippen molar-refractivity contribution < 1.29 is 40.2 Å². The Labute approximate surface area is 172 Å². The van der Waals surface area contributed by atoms with Crippen molar-refractivity contribution >= 4 is 11.6 Å². The molecule has 0 spiro atoms. The molecule has 6 N–H and O–H groups in total. The van der Waals surface area contributed by atoms with E-state index in [1.807, 2.05) is 0 Å². The maximum atomic E-state index is 12.4. The molecule has 0 aromatic heterocycles. The minimum absolute atomic E-state index is 0.115. The van der Waals surface area contributed by atoms with E-state index in [-0.39, 0.29) is 47.4 Å². The second-order valence-corrected chi connectivity index (χ2v) is 7.87. The van der Waals surface area contributed by atoms with Gasteiger partial charge < -0.3 is 30.6 Å². The van der Waals surface area contributed by atoms with E-state index >= 15 is 0 Å². The summed E-state index contributed by atoms with van der Waals surface area (Å²) in [6, 6.07) is 4.52. The van der Waals surface area contributed by atoms with Crippen molar-refractivity contribution in [2.45, 2.75) is 38.5 Å². The quantitative estimate of drug-likeness (QED) is 0.308. The number of phenols is 6. The second kappa shape index (κ2) is 8.52. The van der Waals surface area contributed by atoms with Crippen molar-refractivity contribution in [3.05, 3.63) is 35.4 Å². The van der Waals surface area contributed by atoms with Crippen molar-refractivity contribution in [1.82, 2.24) is 0 Å². The lowest BCUT2D eigenvalue weighted by Gasteiger charge is -2.27. The van der Waals surface area contributed by atoms with Crippen LogP contribution >= 0.6 is 0 Å². The molecular weight excluding hydrogens is 392 g/mol. The Balaban J connectivity index is 1.54. The summed E-state index contributed by atoms with van der Waals surface area (Å²) in [5.41, 5.74) is 0.263. The first kappa shape index (κ1) is 21.3. The highest BCUT2D eigenvalue weighted by Crippen LogP contribution is 2.39. The number of Topliss-reactive ketones (excluding diaryl/α,β-unsaturated/α-hetero) is 2. The third kappa shape index (κ3) is 4.59. The Morgan fingerprint density at radius 3 is 1.13 bits per heavy atom. The van der Waals surface area contributed by atoms with Crippen LogP contribution in [0.25, 0.3) is 0 Å². The van der Waals surface area contributed by atoms with E-state index < -0.39 is 34.5 Å². The first-order valence-corrected chi connectivity index (χ1v) is 9.72. The van der Waals surface area contributed by atoms with Gasteiger partial charge in [-0.25, -0.2) is 0 Å². The Hall–Kier alpha value is -3.42. The van der Waals surface area contributed by atoms with E-state index in [0.717, 1.165) is 49.9 Å². The highest BCUT2D eigenvalue weighted by molar-refractivity contribution is 5.98. The summed E-state index contributed by atoms with van der Waals surface area (Å²) >= 11 is 0. The molecule has 0 amide bonds. The molecule has 1 fully saturated rings. The highest BCUT2D eigenvalue weighted by atomic mass is 16.3. The monoisotopic (exact) mass is 416 g/mol. The molecule has 0 aliphatic heterocycles. The number of phenolic OH excluding ortho intramolecular Hbond substituents is 6. The second-order valence-electron chi connectivity index (χ2n) is 7.87. The SMILES string of the molecule is O=C(CC1CCC(CC(=O)c2cc(O)c(O)c(O)c2)CC1)c1cc(O)c(O)c(O)c1. The summed E-state index contributed by atoms with van der Waals surface area (Å²) in [6.07, 6.45) is 3.45. The summed E-state index contributed by atoms with van der Waals surface area (Å²) in [7, 11) is 0. The van der Waals surface area contributed by atoms with Crippen LogP contribution in [0.1, 0.15) is 59.2 Å². The van der Waals surface area contributed by atoms with Crippen LogP contribution in [0.4, 0.5) is 0 Å². The molecule has 3 rings (SSSR count). The third-order valence-corrected chi connectivity index (χ3v) is 5.70. The largest absolute Gasteiger partial charge is 0.504 e. The molecule has 8 heteroatoms. The highest BCUT2D eigenvalue weighted by Gasteiger charge is 2.26. The minimum atomic E-state index is -0.660. The van der Waals surface area contributed by atoms with Crippen LogP contribution in [-0.2, 0) is 0 Å². The average molecular weight is 416 g/mol. The summed E-state index contributed by atoms with van der Waals surface area (Å²) < 4.78 is 0. The number of aromatic hydroxyl groups is 6. The van der Waals surface area contributed by atoms with Crippen LogP contribution < -0.4 is 0 Å². The molecule has 0 radical (unpaired) electrons. The van der Waals surface area contributed by atoms with E-state index in [9.17, 15) is 40.2 Å². The van der Waals surface area contributed by atoms with Crippen molar-refractivity contribution in [2.24, 2.45) is 11.8 Å². The number of carbonyl (C=O) groups is 2. The van der Waals surface area contributed by atoms with Gasteiger partial charge in [0.1, 0.15) is 0 Å². The van der Waals surface area contributed by atoms with Crippen molar-refractivity contribution in [3.8, 4) is 34.5 Å². The molecule has 0 atom stereocenters. The molecule has 1 saturated carbocycles. The number of hydrogen-bond donors (Lipinski definition) is 6. The fraction of sp³-hybridized carbons (Fsp3) is 0.364. The van der Waals surface area contributed by atoms with E-state index in [2.05, 4.69) is 0 Å². The van der Waals surface area contributed by atoms with Gasteiger partial charge in [0.25, 0.3) is 0 Å². The van der Waals surface area contributed by atoms with E-state index in [4.69, 9.17) is 0 Å². The number of rotatable bonds is 6. The maximum absolute atomic E-state index is 12.4. The Bertz CT molecular complexity index is 848. The lowest BCUT2D eigenvalue weighted by atomic mass is 9.77. The lowest BCUT2D eigenvalue weighted by molar-refractivity contribution is 0.0904. The van der Waals surface area contributed by atoms with Crippen LogP contribution in [-0.4, -0.2) is 42.2 Å². The molecule has 2 aromatic rings. The van der Waals surface area contributed by atoms with Gasteiger partial charge in [0.05, 0.1) is 0 Å². The van der Waals surface area contributed by atoms with Gasteiger partial charge in [-0.1, -0.05) is 0 Å². The molecule has 1 aliphatic rings. The summed E-state index contributed by atoms with van der Waals surface area (Å²) in [4.78, 5) is 24.9. The van der Waals surface area contributed by atoms with Gasteiger partial charge in [-0.2, -0.15) is 0 Å². The number of benzene rings is 2. The van der Waals surface area contributed by atoms with Crippen LogP contribution in [0, 0.1) is 11.8 Å². The summed E-state index contributed by atoms with van der Waals surface area (Å²) in [5, 5.41) is 57.0. The molecular formula is C22H24O8. The predicted octanol–water partition coefficient (Wildman–Crippen LogP) is 3.57. The Kier molecular flexibility index (Phi) is 6.05. The lowest BCUT2D eigenvalue weighted by Crippen LogP contribution is -2.19. The standard InChI is InChI=1S/C22H24O8/c23-15(13-7-17(25)21(29)18(26)8-13)5-11-1-2-12(4-3-11)6-16(24)14-9-19(27)22(30)20(28)10-14/h7-12,25-30H,1-6H2. The molecule has 0 bridgehead atoms. The van der Waals surface area contributed by atoms with Crippen LogP contribution in [0.3, 0.4) is 0 Å². The first-order chi connectivity index (χ1) is 14.2. The zero-order chi connectivity index (χ0) is 22.0. The van der Waals surface area contributed by atoms with Gasteiger partial charge >= 0.3 is 0 Å². The molecule has 0 unspecified atom stereocenters. The topological polar surface area (TPSA) is 156 Å². The van der Waals surface area contributed by atoms with Gasteiger partial charge in [-0.3, -0.25) is 9.59 Å². The smallest absolute Gasteiger partial charge is 0.200 e. The molecule has 8 nitrogen and oxygen atoms in total. The van der Waals surface area contributed by atoms with Crippen molar-refractivity contribution in [3.63, 3.8) is 0 Å². The predicted molar refractivity (Wildman–Crippen MR) is 106 cm³/mol. The molecule has 30 heavy (non-hydrogen) atoms. The number of ketones is 2. The van der Waals surface area contributed by atoms with Gasteiger partial charge in [0.15, 0.2) is 46.1 Å². The minimum Gasteiger partial charge on any atom is -0.504 e. The van der Waals surface area contributed by atoms with Gasteiger partial charge in [0, 0.05) is 24.0 Å². The fourth-order valence-electron chi connectivity index (χ4n) is 3.93. The van der Waals surface area contributed by atoms with Gasteiger partial charge in [-0.15, -0.1) is 0 Å². The Morgan fingerprint density at radius 2 is 0.867 bits per heavy atom. The molecule has 0 heterocycles. The van der Waals surface area contributed by atoms with E-state index in [1.54, 1.807) is 0 Å². The molecule has 2 aromatic carbocycles. The maximum Gasteiger partial charge on any atom is 0.200 e. The fourth-order valence-corrected chi connectivity index (χ4v) is 3.93. The Morgan fingerprint density at radius 1 is 0.600 bits per heavy atom.